The van der Waals surface area contributed by atoms with E-state index in [1.165, 1.54) is 27.2 Å². The summed E-state index contributed by atoms with van der Waals surface area (Å²) in [7, 11) is 0. The topological polar surface area (TPSA) is 107 Å². The lowest BCUT2D eigenvalue weighted by Gasteiger charge is -2.03. The fourth-order valence-corrected chi connectivity index (χ4v) is 3.67. The number of nitrogens with two attached hydrogens (primary N) is 1. The summed E-state index contributed by atoms with van der Waals surface area (Å²) in [5.41, 5.74) is 5.63. The maximum Gasteiger partial charge on any atom is 0.333 e. The largest absolute Gasteiger partial charge is 0.364 e. The van der Waals surface area contributed by atoms with Gasteiger partial charge in [-0.2, -0.15) is 0 Å². The molecule has 7 nitrogen and oxygen atoms in total. The van der Waals surface area contributed by atoms with Crippen LogP contribution in [0.4, 0.5) is 0 Å². The molecule has 4 rings (SSSR count). The standard InChI is InChI=1S/C14H9N5O2S2/c15-11(20)9-10-13(18-12(16-9)7-3-1-5-22-7)19(14(21)17-10)8-4-2-6-23-8/h1-6H,(H2,15,20)(H,17,21). The fraction of sp³-hybridized carbons (Fsp3) is 0. The highest BCUT2D eigenvalue weighted by molar-refractivity contribution is 7.13. The lowest BCUT2D eigenvalue weighted by Crippen LogP contribution is -2.15. The molecule has 0 unspecified atom stereocenters. The predicted molar refractivity (Wildman–Crippen MR) is 89.2 cm³/mol. The molecule has 0 aromatic carbocycles. The number of rotatable bonds is 3. The van der Waals surface area contributed by atoms with Gasteiger partial charge in [-0.3, -0.25) is 4.79 Å². The summed E-state index contributed by atoms with van der Waals surface area (Å²) in [6.07, 6.45) is 0. The van der Waals surface area contributed by atoms with E-state index in [1.807, 2.05) is 29.0 Å². The number of nitrogens with zero attached hydrogens (tertiary/aromatic N) is 3. The Balaban J connectivity index is 2.11. The number of hydrogen-bond acceptors (Lipinski definition) is 6. The Hall–Kier alpha value is -2.78. The van der Waals surface area contributed by atoms with Crippen molar-refractivity contribution in [2.75, 3.05) is 0 Å². The summed E-state index contributed by atoms with van der Waals surface area (Å²) in [6.45, 7) is 0. The number of imidazole rings is 1. The summed E-state index contributed by atoms with van der Waals surface area (Å²) in [5, 5.41) is 4.44. The van der Waals surface area contributed by atoms with Crippen LogP contribution in [0.1, 0.15) is 10.5 Å². The van der Waals surface area contributed by atoms with E-state index in [1.54, 1.807) is 6.07 Å². The van der Waals surface area contributed by atoms with E-state index in [0.717, 1.165) is 4.88 Å². The van der Waals surface area contributed by atoms with Crippen LogP contribution in [0.3, 0.4) is 0 Å². The van der Waals surface area contributed by atoms with Gasteiger partial charge in [-0.25, -0.2) is 19.3 Å². The number of hydrogen-bond donors (Lipinski definition) is 2. The highest BCUT2D eigenvalue weighted by Crippen LogP contribution is 2.25. The van der Waals surface area contributed by atoms with Gasteiger partial charge in [0.2, 0.25) is 0 Å². The maximum atomic E-state index is 12.3. The zero-order valence-electron chi connectivity index (χ0n) is 11.5. The molecule has 3 N–H and O–H groups in total. The molecular weight excluding hydrogens is 334 g/mol. The minimum absolute atomic E-state index is 0.00538. The van der Waals surface area contributed by atoms with Crippen molar-refractivity contribution in [2.24, 2.45) is 5.73 Å². The molecule has 0 aliphatic heterocycles. The minimum atomic E-state index is -0.713. The highest BCUT2D eigenvalue weighted by Gasteiger charge is 2.20. The van der Waals surface area contributed by atoms with E-state index in [0.29, 0.717) is 16.5 Å². The highest BCUT2D eigenvalue weighted by atomic mass is 32.1. The van der Waals surface area contributed by atoms with Crippen LogP contribution in [0.15, 0.2) is 39.8 Å². The Morgan fingerprint density at radius 3 is 2.61 bits per heavy atom. The number of carbonyl (C=O) groups is 1. The van der Waals surface area contributed by atoms with E-state index in [-0.39, 0.29) is 16.9 Å². The Labute approximate surface area is 137 Å². The molecule has 4 aromatic rings. The summed E-state index contributed by atoms with van der Waals surface area (Å²) in [5.74, 6) is -0.347. The number of fused-ring (bicyclic) bond motifs is 1. The van der Waals surface area contributed by atoms with Gasteiger partial charge in [0, 0.05) is 0 Å². The van der Waals surface area contributed by atoms with Crippen molar-refractivity contribution < 1.29 is 4.79 Å². The Bertz CT molecular complexity index is 1060. The predicted octanol–water partition coefficient (Wildman–Crippen LogP) is 2.00. The third-order valence-electron chi connectivity index (χ3n) is 3.24. The first-order chi connectivity index (χ1) is 11.1. The van der Waals surface area contributed by atoms with Gasteiger partial charge in [0.05, 0.1) is 4.88 Å². The number of thiophene rings is 2. The van der Waals surface area contributed by atoms with Gasteiger partial charge in [-0.05, 0) is 29.0 Å². The van der Waals surface area contributed by atoms with Gasteiger partial charge < -0.3 is 10.7 Å². The number of aromatic nitrogens is 4. The first-order valence-electron chi connectivity index (χ1n) is 6.55. The Kier molecular flexibility index (Phi) is 3.10. The molecule has 114 valence electrons. The molecule has 0 aliphatic carbocycles. The van der Waals surface area contributed by atoms with Crippen molar-refractivity contribution in [1.29, 1.82) is 0 Å². The average Bonchev–Trinajstić information content (AvgIpc) is 3.25. The molecule has 0 aliphatic rings. The van der Waals surface area contributed by atoms with Crippen molar-refractivity contribution in [3.8, 4) is 15.7 Å². The Morgan fingerprint density at radius 1 is 1.17 bits per heavy atom. The van der Waals surface area contributed by atoms with Gasteiger partial charge in [-0.1, -0.05) is 6.07 Å². The summed E-state index contributed by atoms with van der Waals surface area (Å²) < 4.78 is 1.42. The van der Waals surface area contributed by atoms with Gasteiger partial charge in [0.1, 0.15) is 10.5 Å². The molecule has 0 bridgehead atoms. The van der Waals surface area contributed by atoms with Crippen LogP contribution in [0.5, 0.6) is 0 Å². The van der Waals surface area contributed by atoms with Crippen molar-refractivity contribution in [2.45, 2.75) is 0 Å². The van der Waals surface area contributed by atoms with Crippen molar-refractivity contribution >= 4 is 39.7 Å². The third-order valence-corrected chi connectivity index (χ3v) is 4.96. The molecule has 0 fully saturated rings. The van der Waals surface area contributed by atoms with Crippen LogP contribution >= 0.6 is 22.7 Å². The van der Waals surface area contributed by atoms with Crippen LogP contribution in [-0.2, 0) is 0 Å². The van der Waals surface area contributed by atoms with Crippen molar-refractivity contribution in [1.82, 2.24) is 19.5 Å². The molecule has 9 heteroatoms. The number of nitrogens with one attached hydrogen (secondary N) is 1. The quantitative estimate of drug-likeness (QED) is 0.593. The molecule has 4 heterocycles. The summed E-state index contributed by atoms with van der Waals surface area (Å²) >= 11 is 2.84. The monoisotopic (exact) mass is 343 g/mol. The smallest absolute Gasteiger partial charge is 0.333 e. The van der Waals surface area contributed by atoms with Gasteiger partial charge in [0.15, 0.2) is 17.2 Å². The number of amides is 1. The molecule has 0 spiro atoms. The van der Waals surface area contributed by atoms with Gasteiger partial charge in [-0.15, -0.1) is 22.7 Å². The molecule has 23 heavy (non-hydrogen) atoms. The SMILES string of the molecule is NC(=O)c1nc(-c2cccs2)nc2c1[nH]c(=O)n2-c1cccs1. The zero-order valence-corrected chi connectivity index (χ0v) is 13.1. The van der Waals surface area contributed by atoms with E-state index >= 15 is 0 Å². The van der Waals surface area contributed by atoms with Crippen LogP contribution < -0.4 is 11.4 Å². The summed E-state index contributed by atoms with van der Waals surface area (Å²) in [6, 6.07) is 7.34. The van der Waals surface area contributed by atoms with Crippen LogP contribution in [0.25, 0.3) is 26.9 Å². The zero-order chi connectivity index (χ0) is 16.0. The van der Waals surface area contributed by atoms with Gasteiger partial charge in [0.25, 0.3) is 5.91 Å². The lowest BCUT2D eigenvalue weighted by molar-refractivity contribution is 0.0997. The molecule has 0 atom stereocenters. The fourth-order valence-electron chi connectivity index (χ4n) is 2.28. The third kappa shape index (κ3) is 2.17. The second-order valence-corrected chi connectivity index (χ2v) is 6.53. The molecule has 0 saturated heterocycles. The molecule has 4 aromatic heterocycles. The first kappa shape index (κ1) is 13.9. The van der Waals surface area contributed by atoms with Gasteiger partial charge >= 0.3 is 5.69 Å². The number of carbonyl (C=O) groups excluding carboxylic acids is 1. The van der Waals surface area contributed by atoms with E-state index < -0.39 is 5.91 Å². The normalized spacial score (nSPS) is 11.1. The maximum absolute atomic E-state index is 12.3. The second-order valence-electron chi connectivity index (χ2n) is 4.65. The second kappa shape index (κ2) is 5.14. The number of H-pyrrole nitrogens is 1. The molecule has 1 amide bonds. The van der Waals surface area contributed by atoms with Crippen molar-refractivity contribution in [3.05, 3.63) is 51.2 Å². The van der Waals surface area contributed by atoms with Crippen LogP contribution in [-0.4, -0.2) is 25.4 Å². The number of aromatic amines is 1. The van der Waals surface area contributed by atoms with E-state index in [2.05, 4.69) is 15.0 Å². The van der Waals surface area contributed by atoms with Crippen LogP contribution in [0.2, 0.25) is 0 Å². The molecule has 0 radical (unpaired) electrons. The average molecular weight is 343 g/mol. The van der Waals surface area contributed by atoms with E-state index in [9.17, 15) is 9.59 Å². The first-order valence-corrected chi connectivity index (χ1v) is 8.31. The van der Waals surface area contributed by atoms with Crippen LogP contribution in [0, 0.1) is 0 Å². The summed E-state index contributed by atoms with van der Waals surface area (Å²) in [4.78, 5) is 36.2. The molecular formula is C14H9N5O2S2. The lowest BCUT2D eigenvalue weighted by atomic mass is 10.3. The minimum Gasteiger partial charge on any atom is -0.364 e. The molecule has 0 saturated carbocycles. The van der Waals surface area contributed by atoms with E-state index in [4.69, 9.17) is 5.73 Å². The van der Waals surface area contributed by atoms with Crippen molar-refractivity contribution in [3.63, 3.8) is 0 Å². The number of primary amides is 1. The Morgan fingerprint density at radius 2 is 1.96 bits per heavy atom.